The lowest BCUT2D eigenvalue weighted by Crippen LogP contribution is -1.89. The van der Waals surface area contributed by atoms with Crippen molar-refractivity contribution >= 4 is 34.0 Å². The number of halogens is 2. The molecule has 2 aromatic heterocycles. The molecule has 0 saturated heterocycles. The molecule has 26 heavy (non-hydrogen) atoms. The molecule has 2 aromatic carbocycles. The number of pyridine rings is 2. The molecule has 2 heterocycles. The Morgan fingerprint density at radius 3 is 1.04 bits per heavy atom. The maximum Gasteiger partial charge on any atom is 0.0273 e. The molecule has 4 rings (SSSR count). The Kier molecular flexibility index (Phi) is 7.25. The molecule has 0 atom stereocenters. The molecular formula is C22H18Br2N2. The highest BCUT2D eigenvalue weighted by atomic mass is 79.9. The van der Waals surface area contributed by atoms with Crippen LogP contribution in [-0.4, -0.2) is 9.97 Å². The minimum atomic E-state index is 0. The van der Waals surface area contributed by atoms with Crippen molar-refractivity contribution in [2.75, 3.05) is 0 Å². The van der Waals surface area contributed by atoms with Gasteiger partial charge in [0.25, 0.3) is 0 Å². The van der Waals surface area contributed by atoms with Crippen LogP contribution in [0.3, 0.4) is 0 Å². The molecule has 0 radical (unpaired) electrons. The van der Waals surface area contributed by atoms with Crippen molar-refractivity contribution in [3.63, 3.8) is 0 Å². The molecule has 0 N–H and O–H groups in total. The van der Waals surface area contributed by atoms with E-state index in [1.165, 1.54) is 33.4 Å². The van der Waals surface area contributed by atoms with Gasteiger partial charge in [0.1, 0.15) is 0 Å². The number of aromatic nitrogens is 2. The molecule has 0 unspecified atom stereocenters. The summed E-state index contributed by atoms with van der Waals surface area (Å²) in [6.07, 6.45) is 7.34. The van der Waals surface area contributed by atoms with E-state index in [-0.39, 0.29) is 34.0 Å². The summed E-state index contributed by atoms with van der Waals surface area (Å²) in [6.45, 7) is 0. The average Bonchev–Trinajstić information content (AvgIpc) is 2.69. The number of hydrogen-bond acceptors (Lipinski definition) is 2. The number of rotatable bonds is 3. The first-order valence-electron chi connectivity index (χ1n) is 7.93. The van der Waals surface area contributed by atoms with Gasteiger partial charge in [-0.25, -0.2) is 0 Å². The zero-order valence-corrected chi connectivity index (χ0v) is 17.4. The molecule has 0 spiro atoms. The van der Waals surface area contributed by atoms with Gasteiger partial charge in [0.05, 0.1) is 0 Å². The van der Waals surface area contributed by atoms with Gasteiger partial charge in [-0.05, 0) is 57.6 Å². The highest BCUT2D eigenvalue weighted by Crippen LogP contribution is 2.37. The summed E-state index contributed by atoms with van der Waals surface area (Å²) in [5, 5.41) is 0. The first-order chi connectivity index (χ1) is 11.9. The van der Waals surface area contributed by atoms with Gasteiger partial charge in [-0.2, -0.15) is 0 Å². The summed E-state index contributed by atoms with van der Waals surface area (Å²) >= 11 is 0. The molecule has 0 amide bonds. The van der Waals surface area contributed by atoms with Gasteiger partial charge in [-0.15, -0.1) is 34.0 Å². The SMILES string of the molecule is Br.Br.c1ccc(-c2ccccc2-c2ccncc2)c(-c2ccncc2)c1. The summed E-state index contributed by atoms with van der Waals surface area (Å²) in [7, 11) is 0. The van der Waals surface area contributed by atoms with Crippen LogP contribution in [0.5, 0.6) is 0 Å². The second kappa shape index (κ2) is 9.41. The summed E-state index contributed by atoms with van der Waals surface area (Å²) < 4.78 is 0. The van der Waals surface area contributed by atoms with Gasteiger partial charge in [0, 0.05) is 24.8 Å². The second-order valence-electron chi connectivity index (χ2n) is 5.56. The van der Waals surface area contributed by atoms with Gasteiger partial charge < -0.3 is 0 Å². The van der Waals surface area contributed by atoms with Crippen LogP contribution in [0.4, 0.5) is 0 Å². The first-order valence-corrected chi connectivity index (χ1v) is 7.93. The van der Waals surface area contributed by atoms with Crippen LogP contribution in [0.1, 0.15) is 0 Å². The van der Waals surface area contributed by atoms with Gasteiger partial charge in [-0.3, -0.25) is 9.97 Å². The molecule has 0 fully saturated rings. The van der Waals surface area contributed by atoms with Gasteiger partial charge >= 0.3 is 0 Å². The summed E-state index contributed by atoms with van der Waals surface area (Å²) in [6, 6.07) is 25.2. The van der Waals surface area contributed by atoms with E-state index in [2.05, 4.69) is 58.5 Å². The van der Waals surface area contributed by atoms with E-state index in [0.717, 1.165) is 0 Å². The van der Waals surface area contributed by atoms with Crippen molar-refractivity contribution in [3.8, 4) is 33.4 Å². The predicted molar refractivity (Wildman–Crippen MR) is 119 cm³/mol. The van der Waals surface area contributed by atoms with E-state index in [9.17, 15) is 0 Å². The zero-order valence-electron chi connectivity index (χ0n) is 13.9. The Labute approximate surface area is 174 Å². The molecule has 0 bridgehead atoms. The first kappa shape index (κ1) is 20.0. The molecule has 0 aliphatic rings. The minimum absolute atomic E-state index is 0. The quantitative estimate of drug-likeness (QED) is 0.336. The zero-order chi connectivity index (χ0) is 16.2. The highest BCUT2D eigenvalue weighted by molar-refractivity contribution is 8.93. The maximum absolute atomic E-state index is 4.13. The third-order valence-corrected chi connectivity index (χ3v) is 4.13. The Morgan fingerprint density at radius 1 is 0.385 bits per heavy atom. The van der Waals surface area contributed by atoms with E-state index < -0.39 is 0 Å². The monoisotopic (exact) mass is 468 g/mol. The molecule has 4 aromatic rings. The number of hydrogen-bond donors (Lipinski definition) is 0. The number of benzene rings is 2. The topological polar surface area (TPSA) is 25.8 Å². The fourth-order valence-corrected chi connectivity index (χ4v) is 3.00. The third kappa shape index (κ3) is 4.09. The summed E-state index contributed by atoms with van der Waals surface area (Å²) in [4.78, 5) is 8.26. The van der Waals surface area contributed by atoms with E-state index in [4.69, 9.17) is 0 Å². The molecule has 0 aliphatic carbocycles. The molecule has 2 nitrogen and oxygen atoms in total. The Balaban J connectivity index is 0.00000121. The summed E-state index contributed by atoms with van der Waals surface area (Å²) in [5.74, 6) is 0. The molecule has 4 heteroatoms. The lowest BCUT2D eigenvalue weighted by molar-refractivity contribution is 1.33. The van der Waals surface area contributed by atoms with Crippen LogP contribution >= 0.6 is 34.0 Å². The van der Waals surface area contributed by atoms with Crippen molar-refractivity contribution < 1.29 is 0 Å². The van der Waals surface area contributed by atoms with Gasteiger partial charge in [-0.1, -0.05) is 48.5 Å². The van der Waals surface area contributed by atoms with Crippen LogP contribution in [-0.2, 0) is 0 Å². The van der Waals surface area contributed by atoms with Crippen molar-refractivity contribution in [3.05, 3.63) is 97.6 Å². The lowest BCUT2D eigenvalue weighted by Gasteiger charge is -2.14. The normalized spacial score (nSPS) is 9.69. The van der Waals surface area contributed by atoms with Crippen LogP contribution in [0, 0.1) is 0 Å². The predicted octanol–water partition coefficient (Wildman–Crippen LogP) is 6.63. The Hall–Kier alpha value is -2.30. The standard InChI is InChI=1S/C22H16N2.2BrH/c1-3-7-21(19(5-1)17-9-13-23-14-10-17)22-8-4-2-6-20(22)18-11-15-24-16-12-18;;/h1-16H;2*1H. The molecular weight excluding hydrogens is 452 g/mol. The largest absolute Gasteiger partial charge is 0.265 e. The van der Waals surface area contributed by atoms with Crippen molar-refractivity contribution in [1.82, 2.24) is 9.97 Å². The third-order valence-electron chi connectivity index (χ3n) is 4.13. The fourth-order valence-electron chi connectivity index (χ4n) is 3.00. The van der Waals surface area contributed by atoms with Gasteiger partial charge in [0.2, 0.25) is 0 Å². The van der Waals surface area contributed by atoms with E-state index >= 15 is 0 Å². The van der Waals surface area contributed by atoms with E-state index in [0.29, 0.717) is 0 Å². The highest BCUT2D eigenvalue weighted by Gasteiger charge is 2.11. The van der Waals surface area contributed by atoms with Crippen LogP contribution in [0.25, 0.3) is 33.4 Å². The lowest BCUT2D eigenvalue weighted by atomic mass is 9.90. The van der Waals surface area contributed by atoms with Crippen LogP contribution in [0.15, 0.2) is 97.6 Å². The van der Waals surface area contributed by atoms with Crippen molar-refractivity contribution in [1.29, 1.82) is 0 Å². The van der Waals surface area contributed by atoms with E-state index in [1.807, 2.05) is 49.1 Å². The molecule has 0 saturated carbocycles. The van der Waals surface area contributed by atoms with Crippen molar-refractivity contribution in [2.24, 2.45) is 0 Å². The smallest absolute Gasteiger partial charge is 0.0273 e. The minimum Gasteiger partial charge on any atom is -0.265 e. The van der Waals surface area contributed by atoms with Crippen molar-refractivity contribution in [2.45, 2.75) is 0 Å². The van der Waals surface area contributed by atoms with Gasteiger partial charge in [0.15, 0.2) is 0 Å². The fraction of sp³-hybridized carbons (Fsp3) is 0. The van der Waals surface area contributed by atoms with Crippen LogP contribution < -0.4 is 0 Å². The molecule has 0 aliphatic heterocycles. The molecule has 130 valence electrons. The Morgan fingerprint density at radius 2 is 0.692 bits per heavy atom. The summed E-state index contributed by atoms with van der Waals surface area (Å²) in [5.41, 5.74) is 7.20. The van der Waals surface area contributed by atoms with E-state index in [1.54, 1.807) is 0 Å². The average molecular weight is 470 g/mol. The Bertz CT molecular complexity index is 877. The second-order valence-corrected chi connectivity index (χ2v) is 5.56. The number of nitrogens with zero attached hydrogens (tertiary/aromatic N) is 2. The maximum atomic E-state index is 4.13. The van der Waals surface area contributed by atoms with Crippen LogP contribution in [0.2, 0.25) is 0 Å².